The first-order chi connectivity index (χ1) is 18.8. The molecule has 1 heterocycles. The van der Waals surface area contributed by atoms with Gasteiger partial charge in [-0.2, -0.15) is 0 Å². The van der Waals surface area contributed by atoms with Crippen molar-refractivity contribution in [2.45, 2.75) is 78.0 Å². The van der Waals surface area contributed by atoms with Crippen molar-refractivity contribution in [2.24, 2.45) is 5.41 Å². The second kappa shape index (κ2) is 13.9. The quantitative estimate of drug-likeness (QED) is 0.345. The number of hydrogen-bond acceptors (Lipinski definition) is 5. The zero-order valence-corrected chi connectivity index (χ0v) is 24.9. The number of halogens is 1. The SMILES string of the molecule is CC(C)(C)OC(=O)N[C@H](CCCNC(=O)OCc1ccccc1)C(=O)N1CCC(c2ccc(Cl)cc2)C(C)(C)C1. The molecule has 2 N–H and O–H groups in total. The van der Waals surface area contributed by atoms with Crippen LogP contribution in [-0.4, -0.2) is 54.3 Å². The Kier molecular flexibility index (Phi) is 10.9. The molecule has 3 amide bonds. The van der Waals surface area contributed by atoms with Crippen LogP contribution in [0.1, 0.15) is 70.9 Å². The van der Waals surface area contributed by atoms with E-state index in [1.54, 1.807) is 20.8 Å². The van der Waals surface area contributed by atoms with Crippen molar-refractivity contribution in [1.82, 2.24) is 15.5 Å². The summed E-state index contributed by atoms with van der Waals surface area (Å²) < 4.78 is 10.7. The third-order valence-electron chi connectivity index (χ3n) is 6.95. The number of nitrogens with one attached hydrogen (secondary N) is 2. The highest BCUT2D eigenvalue weighted by Crippen LogP contribution is 2.42. The molecule has 0 saturated carbocycles. The van der Waals surface area contributed by atoms with Gasteiger partial charge in [-0.05, 0) is 74.6 Å². The van der Waals surface area contributed by atoms with E-state index in [9.17, 15) is 14.4 Å². The molecule has 0 radical (unpaired) electrons. The molecule has 8 nitrogen and oxygen atoms in total. The second-order valence-corrected chi connectivity index (χ2v) is 12.4. The van der Waals surface area contributed by atoms with Gasteiger partial charge in [-0.15, -0.1) is 0 Å². The van der Waals surface area contributed by atoms with Crippen LogP contribution in [0.3, 0.4) is 0 Å². The minimum atomic E-state index is -0.778. The monoisotopic (exact) mass is 571 g/mol. The number of nitrogens with zero attached hydrogens (tertiary/aromatic N) is 1. The Morgan fingerprint density at radius 2 is 1.73 bits per heavy atom. The zero-order chi connectivity index (χ0) is 29.3. The maximum atomic E-state index is 13.7. The Hall–Kier alpha value is -3.26. The molecular weight excluding hydrogens is 530 g/mol. The number of carbonyl (C=O) groups excluding carboxylic acids is 3. The maximum Gasteiger partial charge on any atom is 0.408 e. The topological polar surface area (TPSA) is 97.0 Å². The molecule has 0 aliphatic carbocycles. The minimum absolute atomic E-state index is 0.153. The molecule has 9 heteroatoms. The van der Waals surface area contributed by atoms with Gasteiger partial charge in [0, 0.05) is 24.7 Å². The number of carbonyl (C=O) groups is 3. The first-order valence-corrected chi connectivity index (χ1v) is 14.2. The minimum Gasteiger partial charge on any atom is -0.445 e. The van der Waals surface area contributed by atoms with E-state index in [2.05, 4.69) is 36.6 Å². The number of likely N-dealkylation sites (tertiary alicyclic amines) is 1. The molecule has 1 aliphatic heterocycles. The van der Waals surface area contributed by atoms with Gasteiger partial charge in [0.15, 0.2) is 0 Å². The van der Waals surface area contributed by atoms with Crippen molar-refractivity contribution in [3.8, 4) is 0 Å². The van der Waals surface area contributed by atoms with Crippen LogP contribution in [0.25, 0.3) is 0 Å². The summed E-state index contributed by atoms with van der Waals surface area (Å²) in [4.78, 5) is 40.2. The lowest BCUT2D eigenvalue weighted by Gasteiger charge is -2.45. The fourth-order valence-corrected chi connectivity index (χ4v) is 5.18. The van der Waals surface area contributed by atoms with Gasteiger partial charge in [-0.25, -0.2) is 9.59 Å². The highest BCUT2D eigenvalue weighted by atomic mass is 35.5. The summed E-state index contributed by atoms with van der Waals surface area (Å²) in [6.45, 7) is 11.3. The van der Waals surface area contributed by atoms with Gasteiger partial charge in [0.05, 0.1) is 0 Å². The van der Waals surface area contributed by atoms with Gasteiger partial charge in [0.2, 0.25) is 5.91 Å². The van der Waals surface area contributed by atoms with Crippen LogP contribution >= 0.6 is 11.6 Å². The lowest BCUT2D eigenvalue weighted by molar-refractivity contribution is -0.137. The molecule has 0 spiro atoms. The van der Waals surface area contributed by atoms with Gasteiger partial charge in [-0.1, -0.05) is 67.9 Å². The van der Waals surface area contributed by atoms with Crippen molar-refractivity contribution in [3.63, 3.8) is 0 Å². The third kappa shape index (κ3) is 9.73. The molecule has 3 rings (SSSR count). The van der Waals surface area contributed by atoms with Crippen molar-refractivity contribution in [2.75, 3.05) is 19.6 Å². The van der Waals surface area contributed by atoms with Crippen LogP contribution in [0.5, 0.6) is 0 Å². The van der Waals surface area contributed by atoms with E-state index in [1.165, 1.54) is 5.56 Å². The van der Waals surface area contributed by atoms with Crippen molar-refractivity contribution < 1.29 is 23.9 Å². The molecule has 0 bridgehead atoms. The lowest BCUT2D eigenvalue weighted by atomic mass is 9.70. The van der Waals surface area contributed by atoms with Gasteiger partial charge < -0.3 is 25.0 Å². The first-order valence-electron chi connectivity index (χ1n) is 13.8. The second-order valence-electron chi connectivity index (χ2n) is 12.0. The number of hydrogen-bond donors (Lipinski definition) is 2. The van der Waals surface area contributed by atoms with E-state index in [-0.39, 0.29) is 23.8 Å². The van der Waals surface area contributed by atoms with Crippen LogP contribution < -0.4 is 10.6 Å². The number of piperidine rings is 1. The van der Waals surface area contributed by atoms with E-state index >= 15 is 0 Å². The number of amides is 3. The van der Waals surface area contributed by atoms with Crippen LogP contribution in [0, 0.1) is 5.41 Å². The molecule has 0 aromatic heterocycles. The Bertz CT molecular complexity index is 1130. The highest BCUT2D eigenvalue weighted by molar-refractivity contribution is 6.30. The molecule has 1 unspecified atom stereocenters. The Morgan fingerprint density at radius 1 is 1.05 bits per heavy atom. The Balaban J connectivity index is 1.58. The summed E-state index contributed by atoms with van der Waals surface area (Å²) in [6, 6.07) is 16.5. The van der Waals surface area contributed by atoms with Crippen molar-refractivity contribution in [3.05, 3.63) is 70.7 Å². The highest BCUT2D eigenvalue weighted by Gasteiger charge is 2.40. The molecule has 1 saturated heterocycles. The molecule has 1 fully saturated rings. The Morgan fingerprint density at radius 3 is 2.35 bits per heavy atom. The summed E-state index contributed by atoms with van der Waals surface area (Å²) in [6.07, 6.45) is 0.439. The zero-order valence-electron chi connectivity index (χ0n) is 24.2. The fraction of sp³-hybridized carbons (Fsp3) is 0.516. The lowest BCUT2D eigenvalue weighted by Crippen LogP contribution is -2.54. The summed E-state index contributed by atoms with van der Waals surface area (Å²) in [5.41, 5.74) is 1.23. The molecule has 2 aromatic carbocycles. The average molecular weight is 572 g/mol. The van der Waals surface area contributed by atoms with Crippen LogP contribution in [0.2, 0.25) is 5.02 Å². The fourth-order valence-electron chi connectivity index (χ4n) is 5.06. The number of rotatable bonds is 9. The average Bonchev–Trinajstić information content (AvgIpc) is 2.88. The molecule has 40 heavy (non-hydrogen) atoms. The maximum absolute atomic E-state index is 13.7. The molecule has 2 aromatic rings. The predicted octanol–water partition coefficient (Wildman–Crippen LogP) is 6.28. The van der Waals surface area contributed by atoms with Crippen molar-refractivity contribution in [1.29, 1.82) is 0 Å². The molecule has 218 valence electrons. The Labute approximate surface area is 242 Å². The summed E-state index contributed by atoms with van der Waals surface area (Å²) in [5.74, 6) is 0.123. The van der Waals surface area contributed by atoms with Crippen LogP contribution in [0.4, 0.5) is 9.59 Å². The summed E-state index contributed by atoms with van der Waals surface area (Å²) in [5, 5.41) is 6.19. The van der Waals surface area contributed by atoms with Crippen molar-refractivity contribution >= 4 is 29.7 Å². The smallest absolute Gasteiger partial charge is 0.408 e. The van der Waals surface area contributed by atoms with Crippen LogP contribution in [0.15, 0.2) is 54.6 Å². The largest absolute Gasteiger partial charge is 0.445 e. The van der Waals surface area contributed by atoms with Gasteiger partial charge >= 0.3 is 12.2 Å². The first kappa shape index (κ1) is 31.3. The van der Waals surface area contributed by atoms with Gasteiger partial charge in [0.25, 0.3) is 0 Å². The summed E-state index contributed by atoms with van der Waals surface area (Å²) >= 11 is 6.09. The van der Waals surface area contributed by atoms with Crippen LogP contribution in [-0.2, 0) is 20.9 Å². The summed E-state index contributed by atoms with van der Waals surface area (Å²) in [7, 11) is 0. The van der Waals surface area contributed by atoms with E-state index in [0.717, 1.165) is 12.0 Å². The van der Waals surface area contributed by atoms with E-state index < -0.39 is 23.8 Å². The number of alkyl carbamates (subject to hydrolysis) is 2. The van der Waals surface area contributed by atoms with E-state index in [0.29, 0.717) is 37.5 Å². The van der Waals surface area contributed by atoms with E-state index in [1.807, 2.05) is 47.4 Å². The molecular formula is C31H42ClN3O5. The molecule has 2 atom stereocenters. The van der Waals surface area contributed by atoms with Gasteiger partial charge in [-0.3, -0.25) is 4.79 Å². The van der Waals surface area contributed by atoms with E-state index in [4.69, 9.17) is 21.1 Å². The molecule has 1 aliphatic rings. The van der Waals surface area contributed by atoms with Gasteiger partial charge in [0.1, 0.15) is 18.2 Å². The third-order valence-corrected chi connectivity index (χ3v) is 7.21. The number of ether oxygens (including phenoxy) is 2. The predicted molar refractivity (Wildman–Crippen MR) is 156 cm³/mol. The standard InChI is InChI=1S/C31H42ClN3O5/c1-30(2,3)40-29(38)34-26(12-9-18-33-28(37)39-20-22-10-7-6-8-11-22)27(36)35-19-17-25(31(4,5)21-35)23-13-15-24(32)16-14-23/h6-8,10-11,13-16,25-26H,9,12,17-21H2,1-5H3,(H,33,37)(H,34,38)/t25?,26-/m1/s1. The normalized spacial score (nSPS) is 17.4. The number of benzene rings is 2.